The Morgan fingerprint density at radius 1 is 1.26 bits per heavy atom. The van der Waals surface area contributed by atoms with Crippen LogP contribution >= 0.6 is 0 Å². The summed E-state index contributed by atoms with van der Waals surface area (Å²) in [6.07, 6.45) is 2.82. The van der Waals surface area contributed by atoms with Crippen LogP contribution in [0.1, 0.15) is 52.1 Å². The number of ether oxygens (including phenoxy) is 1. The van der Waals surface area contributed by atoms with Gasteiger partial charge in [0.05, 0.1) is 0 Å². The molecule has 0 aliphatic carbocycles. The number of carbonyl (C=O) groups is 2. The predicted molar refractivity (Wildman–Crippen MR) is 86.1 cm³/mol. The van der Waals surface area contributed by atoms with Gasteiger partial charge in [0.1, 0.15) is 17.7 Å². The van der Waals surface area contributed by atoms with Crippen molar-refractivity contribution in [1.29, 1.82) is 0 Å². The normalized spacial score (nSPS) is 16.1. The molecule has 2 heterocycles. The van der Waals surface area contributed by atoms with Gasteiger partial charge in [-0.2, -0.15) is 0 Å². The number of hydrogen-bond donors (Lipinski definition) is 1. The van der Waals surface area contributed by atoms with Crippen molar-refractivity contribution in [2.75, 3.05) is 18.4 Å². The van der Waals surface area contributed by atoms with Gasteiger partial charge in [0.25, 0.3) is 0 Å². The average molecular weight is 320 g/mol. The molecule has 1 fully saturated rings. The molecule has 1 aromatic rings. The van der Waals surface area contributed by atoms with Crippen molar-refractivity contribution in [1.82, 2.24) is 14.9 Å². The van der Waals surface area contributed by atoms with Crippen molar-refractivity contribution in [3.63, 3.8) is 0 Å². The summed E-state index contributed by atoms with van der Waals surface area (Å²) in [6, 6.07) is 1.80. The molecule has 0 bridgehead atoms. The molecule has 1 aromatic heterocycles. The maximum atomic E-state index is 12.1. The molecule has 7 nitrogen and oxygen atoms in total. The first-order valence-electron chi connectivity index (χ1n) is 7.82. The lowest BCUT2D eigenvalue weighted by Crippen LogP contribution is -2.41. The zero-order valence-electron chi connectivity index (χ0n) is 14.1. The summed E-state index contributed by atoms with van der Waals surface area (Å²) in [7, 11) is 0. The van der Waals surface area contributed by atoms with E-state index in [4.69, 9.17) is 4.74 Å². The Balaban J connectivity index is 1.94. The first-order chi connectivity index (χ1) is 10.7. The van der Waals surface area contributed by atoms with E-state index >= 15 is 0 Å². The zero-order valence-corrected chi connectivity index (χ0v) is 14.1. The first-order valence-corrected chi connectivity index (χ1v) is 7.82. The van der Waals surface area contributed by atoms with Gasteiger partial charge in [-0.15, -0.1) is 0 Å². The van der Waals surface area contributed by atoms with Gasteiger partial charge in [0.2, 0.25) is 5.91 Å². The number of likely N-dealkylation sites (tertiary alicyclic amines) is 1. The van der Waals surface area contributed by atoms with Gasteiger partial charge in [0.15, 0.2) is 0 Å². The van der Waals surface area contributed by atoms with E-state index in [1.165, 1.54) is 13.3 Å². The molecule has 0 spiro atoms. The molecule has 23 heavy (non-hydrogen) atoms. The predicted octanol–water partition coefficient (Wildman–Crippen LogP) is 2.55. The van der Waals surface area contributed by atoms with Crippen molar-refractivity contribution >= 4 is 17.8 Å². The number of piperidine rings is 1. The maximum Gasteiger partial charge on any atom is 0.410 e. The van der Waals surface area contributed by atoms with Crippen molar-refractivity contribution in [2.45, 2.75) is 52.1 Å². The lowest BCUT2D eigenvalue weighted by Gasteiger charge is -2.33. The third-order valence-electron chi connectivity index (χ3n) is 3.56. The van der Waals surface area contributed by atoms with Crippen LogP contribution in [0.25, 0.3) is 0 Å². The molecule has 2 amide bonds. The van der Waals surface area contributed by atoms with E-state index in [9.17, 15) is 9.59 Å². The van der Waals surface area contributed by atoms with Gasteiger partial charge >= 0.3 is 6.09 Å². The van der Waals surface area contributed by atoms with Gasteiger partial charge in [-0.05, 0) is 33.6 Å². The Morgan fingerprint density at radius 2 is 1.91 bits per heavy atom. The number of carbonyl (C=O) groups excluding carboxylic acids is 2. The quantitative estimate of drug-likeness (QED) is 0.905. The summed E-state index contributed by atoms with van der Waals surface area (Å²) in [5, 5.41) is 2.66. The third-order valence-corrected chi connectivity index (χ3v) is 3.56. The Labute approximate surface area is 136 Å². The molecular formula is C16H24N4O3. The molecule has 1 saturated heterocycles. The standard InChI is InChI=1S/C16H24N4O3/c1-11(21)19-14-9-13(17-10-18-14)12-5-7-20(8-6-12)15(22)23-16(2,3)4/h9-10,12H,5-8H2,1-4H3,(H,17,18,19,21). The highest BCUT2D eigenvalue weighted by Crippen LogP contribution is 2.28. The molecule has 0 unspecified atom stereocenters. The zero-order chi connectivity index (χ0) is 17.0. The van der Waals surface area contributed by atoms with Gasteiger partial charge in [-0.3, -0.25) is 4.79 Å². The van der Waals surface area contributed by atoms with Crippen molar-refractivity contribution in [3.05, 3.63) is 18.1 Å². The van der Waals surface area contributed by atoms with Crippen LogP contribution in [0.4, 0.5) is 10.6 Å². The second-order valence-corrected chi connectivity index (χ2v) is 6.75. The largest absolute Gasteiger partial charge is 0.444 e. The summed E-state index contributed by atoms with van der Waals surface area (Å²) < 4.78 is 5.39. The highest BCUT2D eigenvalue weighted by atomic mass is 16.6. The summed E-state index contributed by atoms with van der Waals surface area (Å²) >= 11 is 0. The first kappa shape index (κ1) is 17.2. The summed E-state index contributed by atoms with van der Waals surface area (Å²) in [5.74, 6) is 0.607. The van der Waals surface area contributed by atoms with E-state index in [-0.39, 0.29) is 17.9 Å². The van der Waals surface area contributed by atoms with E-state index in [1.807, 2.05) is 20.8 Å². The number of rotatable bonds is 2. The van der Waals surface area contributed by atoms with Crippen LogP contribution in [0.2, 0.25) is 0 Å². The number of aromatic nitrogens is 2. The van der Waals surface area contributed by atoms with E-state index in [0.29, 0.717) is 18.9 Å². The van der Waals surface area contributed by atoms with Crippen LogP contribution in [0, 0.1) is 0 Å². The molecule has 7 heteroatoms. The van der Waals surface area contributed by atoms with Gasteiger partial charge < -0.3 is 15.0 Å². The minimum Gasteiger partial charge on any atom is -0.444 e. The van der Waals surface area contributed by atoms with Crippen molar-refractivity contribution < 1.29 is 14.3 Å². The molecule has 1 N–H and O–H groups in total. The second kappa shape index (κ2) is 6.93. The van der Waals surface area contributed by atoms with Gasteiger partial charge in [-0.25, -0.2) is 14.8 Å². The second-order valence-electron chi connectivity index (χ2n) is 6.75. The number of nitrogens with zero attached hydrogens (tertiary/aromatic N) is 3. The van der Waals surface area contributed by atoms with Gasteiger partial charge in [-0.1, -0.05) is 0 Å². The lowest BCUT2D eigenvalue weighted by atomic mass is 9.93. The number of nitrogens with one attached hydrogen (secondary N) is 1. The molecule has 0 atom stereocenters. The molecule has 0 saturated carbocycles. The lowest BCUT2D eigenvalue weighted by molar-refractivity contribution is -0.114. The van der Waals surface area contributed by atoms with Crippen LogP contribution in [0.3, 0.4) is 0 Å². The smallest absolute Gasteiger partial charge is 0.410 e. The van der Waals surface area contributed by atoms with Crippen LogP contribution in [-0.4, -0.2) is 45.6 Å². The highest BCUT2D eigenvalue weighted by molar-refractivity contribution is 5.87. The molecule has 126 valence electrons. The Morgan fingerprint density at radius 3 is 2.48 bits per heavy atom. The van der Waals surface area contributed by atoms with Crippen molar-refractivity contribution in [3.8, 4) is 0 Å². The SMILES string of the molecule is CC(=O)Nc1cc(C2CCN(C(=O)OC(C)(C)C)CC2)ncn1. The molecule has 0 aromatic carbocycles. The number of hydrogen-bond acceptors (Lipinski definition) is 5. The minimum absolute atomic E-state index is 0.158. The van der Waals surface area contributed by atoms with E-state index in [2.05, 4.69) is 15.3 Å². The summed E-state index contributed by atoms with van der Waals surface area (Å²) in [5.41, 5.74) is 0.418. The van der Waals surface area contributed by atoms with Crippen LogP contribution in [-0.2, 0) is 9.53 Å². The van der Waals surface area contributed by atoms with E-state index in [1.54, 1.807) is 11.0 Å². The average Bonchev–Trinajstić information content (AvgIpc) is 2.45. The number of anilines is 1. The monoisotopic (exact) mass is 320 g/mol. The molecule has 1 aliphatic rings. The third kappa shape index (κ3) is 5.19. The number of amides is 2. The Hall–Kier alpha value is -2.18. The minimum atomic E-state index is -0.478. The van der Waals surface area contributed by atoms with Gasteiger partial charge in [0, 0.05) is 37.7 Å². The topological polar surface area (TPSA) is 84.4 Å². The summed E-state index contributed by atoms with van der Waals surface area (Å²) in [6.45, 7) is 8.31. The van der Waals surface area contributed by atoms with E-state index in [0.717, 1.165) is 18.5 Å². The Kier molecular flexibility index (Phi) is 5.18. The Bertz CT molecular complexity index is 575. The fourth-order valence-corrected chi connectivity index (χ4v) is 2.53. The van der Waals surface area contributed by atoms with Crippen LogP contribution < -0.4 is 5.32 Å². The molecular weight excluding hydrogens is 296 g/mol. The maximum absolute atomic E-state index is 12.1. The highest BCUT2D eigenvalue weighted by Gasteiger charge is 2.28. The van der Waals surface area contributed by atoms with Crippen LogP contribution in [0.5, 0.6) is 0 Å². The van der Waals surface area contributed by atoms with E-state index < -0.39 is 5.60 Å². The van der Waals surface area contributed by atoms with Crippen LogP contribution in [0.15, 0.2) is 12.4 Å². The fraction of sp³-hybridized carbons (Fsp3) is 0.625. The summed E-state index contributed by atoms with van der Waals surface area (Å²) in [4.78, 5) is 33.2. The molecule has 1 aliphatic heterocycles. The fourth-order valence-electron chi connectivity index (χ4n) is 2.53. The molecule has 0 radical (unpaired) electrons. The molecule has 2 rings (SSSR count). The van der Waals surface area contributed by atoms with Crippen molar-refractivity contribution in [2.24, 2.45) is 0 Å².